The summed E-state index contributed by atoms with van der Waals surface area (Å²) < 4.78 is 30.0. The summed E-state index contributed by atoms with van der Waals surface area (Å²) in [6, 6.07) is 19.7. The normalized spacial score (nSPS) is 15.0. The van der Waals surface area contributed by atoms with Crippen LogP contribution in [0.25, 0.3) is 0 Å². The molecule has 0 aliphatic carbocycles. The van der Waals surface area contributed by atoms with Crippen LogP contribution in [0, 0.1) is 0 Å². The van der Waals surface area contributed by atoms with E-state index >= 15 is 0 Å². The predicted molar refractivity (Wildman–Crippen MR) is 150 cm³/mol. The van der Waals surface area contributed by atoms with Gasteiger partial charge < -0.3 is 23.4 Å². The van der Waals surface area contributed by atoms with E-state index in [0.29, 0.717) is 6.61 Å². The van der Waals surface area contributed by atoms with E-state index in [9.17, 15) is 4.79 Å². The summed E-state index contributed by atoms with van der Waals surface area (Å²) in [5, 5.41) is 0.0104. The second kappa shape index (κ2) is 15.3. The summed E-state index contributed by atoms with van der Waals surface area (Å²) in [6.07, 6.45) is 1.12. The highest BCUT2D eigenvalue weighted by molar-refractivity contribution is 6.74. The third-order valence-corrected chi connectivity index (χ3v) is 11.1. The molecule has 0 radical (unpaired) electrons. The van der Waals surface area contributed by atoms with Crippen molar-refractivity contribution in [3.8, 4) is 0 Å². The molecule has 0 unspecified atom stereocenters. The molecular formula is C30H44O6Si. The van der Waals surface area contributed by atoms with Crippen molar-refractivity contribution < 1.29 is 28.2 Å². The molecular weight excluding hydrogens is 484 g/mol. The number of benzene rings is 2. The minimum Gasteiger partial charge on any atom is -0.414 e. The number of allylic oxidation sites excluding steroid dienone is 1. The molecule has 0 saturated carbocycles. The SMILES string of the molecule is C/C=C/[C@H](OCOC)C(=O)[C@H](OCc1ccccc1)[C@@H](CO[Si](C)(C)C(C)(C)C)OCc1ccccc1. The molecule has 0 saturated heterocycles. The molecule has 0 aromatic heterocycles. The zero-order valence-electron chi connectivity index (χ0n) is 23.4. The topological polar surface area (TPSA) is 63.2 Å². The Hall–Kier alpha value is -2.13. The quantitative estimate of drug-likeness (QED) is 0.144. The number of methoxy groups -OCH3 is 1. The largest absolute Gasteiger partial charge is 0.414 e. The van der Waals surface area contributed by atoms with Crippen LogP contribution in [0.15, 0.2) is 72.8 Å². The third-order valence-electron chi connectivity index (χ3n) is 6.63. The molecule has 2 rings (SSSR count). The molecule has 2 aromatic rings. The Morgan fingerprint density at radius 1 is 0.892 bits per heavy atom. The van der Waals surface area contributed by atoms with Gasteiger partial charge in [-0.05, 0) is 36.2 Å². The van der Waals surface area contributed by atoms with E-state index in [1.54, 1.807) is 12.2 Å². The van der Waals surface area contributed by atoms with Gasteiger partial charge in [0, 0.05) is 7.11 Å². The van der Waals surface area contributed by atoms with Crippen molar-refractivity contribution >= 4 is 14.1 Å². The van der Waals surface area contributed by atoms with E-state index in [1.165, 1.54) is 7.11 Å². The molecule has 204 valence electrons. The summed E-state index contributed by atoms with van der Waals surface area (Å²) in [7, 11) is -0.592. The summed E-state index contributed by atoms with van der Waals surface area (Å²) in [5.74, 6) is -0.233. The van der Waals surface area contributed by atoms with Gasteiger partial charge in [0.05, 0.1) is 19.8 Å². The fourth-order valence-electron chi connectivity index (χ4n) is 3.35. The second-order valence-corrected chi connectivity index (χ2v) is 15.4. The van der Waals surface area contributed by atoms with Crippen LogP contribution in [0.5, 0.6) is 0 Å². The van der Waals surface area contributed by atoms with Gasteiger partial charge in [-0.1, -0.05) is 93.6 Å². The van der Waals surface area contributed by atoms with Crippen LogP contribution in [0.1, 0.15) is 38.8 Å². The Morgan fingerprint density at radius 3 is 1.92 bits per heavy atom. The minimum atomic E-state index is -2.12. The summed E-state index contributed by atoms with van der Waals surface area (Å²) in [6.45, 7) is 13.6. The molecule has 7 heteroatoms. The van der Waals surface area contributed by atoms with Gasteiger partial charge in [0.25, 0.3) is 0 Å². The number of carbonyl (C=O) groups is 1. The van der Waals surface area contributed by atoms with Gasteiger partial charge in [0.15, 0.2) is 14.1 Å². The lowest BCUT2D eigenvalue weighted by atomic mass is 10.0. The molecule has 3 atom stereocenters. The van der Waals surface area contributed by atoms with Crippen LogP contribution in [-0.2, 0) is 41.4 Å². The van der Waals surface area contributed by atoms with E-state index in [0.717, 1.165) is 11.1 Å². The van der Waals surface area contributed by atoms with Crippen LogP contribution < -0.4 is 0 Å². The van der Waals surface area contributed by atoms with Gasteiger partial charge in [-0.25, -0.2) is 0 Å². The van der Waals surface area contributed by atoms with Gasteiger partial charge in [-0.3, -0.25) is 4.79 Å². The lowest BCUT2D eigenvalue weighted by molar-refractivity contribution is -0.162. The summed E-state index contributed by atoms with van der Waals surface area (Å²) >= 11 is 0. The Kier molecular flexibility index (Phi) is 12.9. The first kappa shape index (κ1) is 31.1. The summed E-state index contributed by atoms with van der Waals surface area (Å²) in [4.78, 5) is 13.9. The van der Waals surface area contributed by atoms with Crippen molar-refractivity contribution in [2.75, 3.05) is 20.5 Å². The zero-order chi connectivity index (χ0) is 27.3. The van der Waals surface area contributed by atoms with Crippen molar-refractivity contribution in [2.24, 2.45) is 0 Å². The average Bonchev–Trinajstić information content (AvgIpc) is 2.88. The van der Waals surface area contributed by atoms with E-state index in [-0.39, 0.29) is 30.8 Å². The molecule has 0 amide bonds. The average molecular weight is 529 g/mol. The molecule has 0 fully saturated rings. The van der Waals surface area contributed by atoms with Gasteiger partial charge >= 0.3 is 0 Å². The van der Waals surface area contributed by atoms with Crippen LogP contribution in [0.4, 0.5) is 0 Å². The van der Waals surface area contributed by atoms with E-state index < -0.39 is 26.6 Å². The first-order valence-electron chi connectivity index (χ1n) is 12.8. The fourth-order valence-corrected chi connectivity index (χ4v) is 4.36. The standard InChI is InChI=1S/C30H44O6Si/c1-8-15-26(35-23-32-5)28(31)29(34-21-25-18-13-10-14-19-25)27(22-36-37(6,7)30(2,3)4)33-20-24-16-11-9-12-17-24/h8-19,26-27,29H,20-23H2,1-7H3/b15-8+/t26-,27+,29+/m0/s1. The van der Waals surface area contributed by atoms with Crippen LogP contribution in [0.3, 0.4) is 0 Å². The Balaban J connectivity index is 2.37. The van der Waals surface area contributed by atoms with E-state index in [1.807, 2.05) is 67.6 Å². The smallest absolute Gasteiger partial charge is 0.196 e. The first-order valence-corrected chi connectivity index (χ1v) is 15.7. The maximum absolute atomic E-state index is 13.9. The Morgan fingerprint density at radius 2 is 1.43 bits per heavy atom. The van der Waals surface area contributed by atoms with Gasteiger partial charge in [-0.2, -0.15) is 0 Å². The van der Waals surface area contributed by atoms with Crippen molar-refractivity contribution in [3.05, 3.63) is 83.9 Å². The Labute approximate surface area is 224 Å². The fraction of sp³-hybridized carbons (Fsp3) is 0.500. The maximum atomic E-state index is 13.9. The number of Topliss-reactive ketones (excluding diaryl/α,β-unsaturated/α-hetero) is 1. The number of ketones is 1. The first-order chi connectivity index (χ1) is 17.6. The molecule has 0 heterocycles. The molecule has 6 nitrogen and oxygen atoms in total. The predicted octanol–water partition coefficient (Wildman–Crippen LogP) is 6.31. The van der Waals surface area contributed by atoms with Gasteiger partial charge in [-0.15, -0.1) is 0 Å². The number of carbonyl (C=O) groups excluding carboxylic acids is 1. The van der Waals surface area contributed by atoms with Crippen LogP contribution in [-0.4, -0.2) is 52.9 Å². The number of ether oxygens (including phenoxy) is 4. The molecule has 0 aliphatic rings. The lowest BCUT2D eigenvalue weighted by Crippen LogP contribution is -2.49. The lowest BCUT2D eigenvalue weighted by Gasteiger charge is -2.38. The van der Waals surface area contributed by atoms with Crippen molar-refractivity contribution in [1.82, 2.24) is 0 Å². The van der Waals surface area contributed by atoms with Crippen LogP contribution in [0.2, 0.25) is 18.1 Å². The van der Waals surface area contributed by atoms with Crippen molar-refractivity contribution in [2.45, 2.75) is 77.4 Å². The number of hydrogen-bond donors (Lipinski definition) is 0. The molecule has 0 aliphatic heterocycles. The highest BCUT2D eigenvalue weighted by Gasteiger charge is 2.40. The molecule has 0 N–H and O–H groups in total. The van der Waals surface area contributed by atoms with Crippen molar-refractivity contribution in [1.29, 1.82) is 0 Å². The van der Waals surface area contributed by atoms with Crippen LogP contribution >= 0.6 is 0 Å². The molecule has 0 spiro atoms. The van der Waals surface area contributed by atoms with Gasteiger partial charge in [0.2, 0.25) is 0 Å². The molecule has 37 heavy (non-hydrogen) atoms. The number of hydrogen-bond acceptors (Lipinski definition) is 6. The number of rotatable bonds is 16. The monoisotopic (exact) mass is 528 g/mol. The third kappa shape index (κ3) is 10.3. The molecule has 0 bridgehead atoms. The van der Waals surface area contributed by atoms with E-state index in [2.05, 4.69) is 33.9 Å². The zero-order valence-corrected chi connectivity index (χ0v) is 24.4. The summed E-state index contributed by atoms with van der Waals surface area (Å²) in [5.41, 5.74) is 1.97. The maximum Gasteiger partial charge on any atom is 0.196 e. The van der Waals surface area contributed by atoms with Crippen molar-refractivity contribution in [3.63, 3.8) is 0 Å². The highest BCUT2D eigenvalue weighted by atomic mass is 28.4. The minimum absolute atomic E-state index is 0.0104. The highest BCUT2D eigenvalue weighted by Crippen LogP contribution is 2.37. The van der Waals surface area contributed by atoms with E-state index in [4.69, 9.17) is 23.4 Å². The molecule has 2 aromatic carbocycles. The Bertz CT molecular complexity index is 940. The van der Waals surface area contributed by atoms with Gasteiger partial charge in [0.1, 0.15) is 25.1 Å². The second-order valence-electron chi connectivity index (χ2n) is 10.5.